The van der Waals surface area contributed by atoms with Crippen molar-refractivity contribution in [2.75, 3.05) is 0 Å². The molecule has 0 saturated carbocycles. The minimum atomic E-state index is -0.559. The van der Waals surface area contributed by atoms with Crippen molar-refractivity contribution in [1.29, 1.82) is 0 Å². The zero-order chi connectivity index (χ0) is 15.4. The van der Waals surface area contributed by atoms with Gasteiger partial charge in [0.1, 0.15) is 18.2 Å². The molecule has 0 spiro atoms. The van der Waals surface area contributed by atoms with Gasteiger partial charge in [-0.2, -0.15) is 0 Å². The average Bonchev–Trinajstić information content (AvgIpc) is 2.47. The lowest BCUT2D eigenvalue weighted by Crippen LogP contribution is -2.16. The van der Waals surface area contributed by atoms with Crippen LogP contribution in [-0.2, 0) is 6.61 Å². The summed E-state index contributed by atoms with van der Waals surface area (Å²) in [5.74, 6) is -0.212. The number of rotatable bonds is 4. The smallest absolute Gasteiger partial charge is 0.173 e. The average molecular weight is 353 g/mol. The molecule has 0 aliphatic heterocycles. The number of nitrogens with zero attached hydrogens (tertiary/aromatic N) is 1. The number of hydrogen-bond donors (Lipinski definition) is 2. The molecule has 0 saturated heterocycles. The third kappa shape index (κ3) is 3.52. The standard InChI is InChI=1S/C15H14BrFN2O2/c1-9-5-6-13(12(16)7-9)21-8-10-3-2-4-11(14(10)17)15(18)19-20/h2-7,20H,8H2,1H3,(H2,18,19). The first-order chi connectivity index (χ1) is 10.0. The number of nitrogens with two attached hydrogens (primary N) is 1. The van der Waals surface area contributed by atoms with E-state index in [-0.39, 0.29) is 18.0 Å². The van der Waals surface area contributed by atoms with E-state index in [1.165, 1.54) is 6.07 Å². The van der Waals surface area contributed by atoms with Crippen LogP contribution in [0.15, 0.2) is 46.0 Å². The molecule has 0 aliphatic rings. The van der Waals surface area contributed by atoms with Crippen LogP contribution in [0.4, 0.5) is 4.39 Å². The summed E-state index contributed by atoms with van der Waals surface area (Å²) in [6.45, 7) is 2.01. The summed E-state index contributed by atoms with van der Waals surface area (Å²) in [6.07, 6.45) is 0. The topological polar surface area (TPSA) is 67.8 Å². The number of ether oxygens (including phenoxy) is 1. The summed E-state index contributed by atoms with van der Waals surface area (Å²) in [5.41, 5.74) is 6.88. The first kappa shape index (κ1) is 15.3. The third-order valence-corrected chi connectivity index (χ3v) is 3.55. The molecule has 3 N–H and O–H groups in total. The highest BCUT2D eigenvalue weighted by molar-refractivity contribution is 9.10. The molecule has 0 fully saturated rings. The summed E-state index contributed by atoms with van der Waals surface area (Å²) < 4.78 is 20.6. The SMILES string of the molecule is Cc1ccc(OCc2cccc(/C(N)=N/O)c2F)c(Br)c1. The van der Waals surface area contributed by atoms with Gasteiger partial charge in [0, 0.05) is 5.56 Å². The molecule has 2 aromatic carbocycles. The van der Waals surface area contributed by atoms with Gasteiger partial charge in [0.25, 0.3) is 0 Å². The number of hydrogen-bond acceptors (Lipinski definition) is 3. The zero-order valence-corrected chi connectivity index (χ0v) is 12.9. The fourth-order valence-corrected chi connectivity index (χ4v) is 2.43. The van der Waals surface area contributed by atoms with Gasteiger partial charge >= 0.3 is 0 Å². The number of aryl methyl sites for hydroxylation is 1. The Kier molecular flexibility index (Phi) is 4.80. The van der Waals surface area contributed by atoms with Gasteiger partial charge in [-0.15, -0.1) is 0 Å². The molecule has 6 heteroatoms. The van der Waals surface area contributed by atoms with Gasteiger partial charge in [-0.3, -0.25) is 0 Å². The van der Waals surface area contributed by atoms with E-state index in [2.05, 4.69) is 21.1 Å². The van der Waals surface area contributed by atoms with Crippen molar-refractivity contribution in [2.45, 2.75) is 13.5 Å². The van der Waals surface area contributed by atoms with Crippen LogP contribution >= 0.6 is 15.9 Å². The number of amidine groups is 1. The third-order valence-electron chi connectivity index (χ3n) is 2.93. The number of halogens is 2. The van der Waals surface area contributed by atoms with Crippen molar-refractivity contribution in [3.8, 4) is 5.75 Å². The molecule has 0 atom stereocenters. The Morgan fingerprint density at radius 2 is 2.14 bits per heavy atom. The molecular weight excluding hydrogens is 339 g/mol. The van der Waals surface area contributed by atoms with E-state index < -0.39 is 5.82 Å². The van der Waals surface area contributed by atoms with Crippen molar-refractivity contribution in [3.63, 3.8) is 0 Å². The van der Waals surface area contributed by atoms with Gasteiger partial charge in [0.15, 0.2) is 5.84 Å². The summed E-state index contributed by atoms with van der Waals surface area (Å²) in [6, 6.07) is 10.3. The fraction of sp³-hybridized carbons (Fsp3) is 0.133. The van der Waals surface area contributed by atoms with Crippen LogP contribution in [0, 0.1) is 12.7 Å². The maximum atomic E-state index is 14.2. The monoisotopic (exact) mass is 352 g/mol. The van der Waals surface area contributed by atoms with Crippen LogP contribution in [0.1, 0.15) is 16.7 Å². The van der Waals surface area contributed by atoms with Gasteiger partial charge in [0.05, 0.1) is 10.0 Å². The second-order valence-corrected chi connectivity index (χ2v) is 5.34. The highest BCUT2D eigenvalue weighted by Crippen LogP contribution is 2.27. The quantitative estimate of drug-likeness (QED) is 0.382. The lowest BCUT2D eigenvalue weighted by Gasteiger charge is -2.11. The van der Waals surface area contributed by atoms with Crippen molar-refractivity contribution < 1.29 is 14.3 Å². The zero-order valence-electron chi connectivity index (χ0n) is 11.3. The predicted molar refractivity (Wildman–Crippen MR) is 82.1 cm³/mol. The van der Waals surface area contributed by atoms with Crippen LogP contribution in [0.25, 0.3) is 0 Å². The van der Waals surface area contributed by atoms with E-state index in [4.69, 9.17) is 15.7 Å². The Labute approximate surface area is 130 Å². The molecule has 0 heterocycles. The van der Waals surface area contributed by atoms with E-state index in [1.54, 1.807) is 12.1 Å². The van der Waals surface area contributed by atoms with Crippen molar-refractivity contribution in [2.24, 2.45) is 10.9 Å². The maximum Gasteiger partial charge on any atom is 0.173 e. The normalized spacial score (nSPS) is 11.5. The molecule has 0 radical (unpaired) electrons. The van der Waals surface area contributed by atoms with Crippen LogP contribution in [0.2, 0.25) is 0 Å². The largest absolute Gasteiger partial charge is 0.488 e. The molecule has 0 amide bonds. The maximum absolute atomic E-state index is 14.2. The molecule has 0 unspecified atom stereocenters. The Bertz CT molecular complexity index is 689. The van der Waals surface area contributed by atoms with Gasteiger partial charge in [0.2, 0.25) is 0 Å². The molecule has 2 aromatic rings. The minimum absolute atomic E-state index is 0.0417. The Morgan fingerprint density at radius 3 is 2.81 bits per heavy atom. The first-order valence-electron chi connectivity index (χ1n) is 6.17. The highest BCUT2D eigenvalue weighted by Gasteiger charge is 2.12. The van der Waals surface area contributed by atoms with Crippen LogP contribution in [0.5, 0.6) is 5.75 Å². The van der Waals surface area contributed by atoms with Crippen LogP contribution < -0.4 is 10.5 Å². The molecule has 0 aliphatic carbocycles. The summed E-state index contributed by atoms with van der Waals surface area (Å²) in [5, 5.41) is 11.4. The second kappa shape index (κ2) is 6.58. The van der Waals surface area contributed by atoms with Crippen molar-refractivity contribution >= 4 is 21.8 Å². The van der Waals surface area contributed by atoms with E-state index in [9.17, 15) is 4.39 Å². The van der Waals surface area contributed by atoms with E-state index in [1.807, 2.05) is 25.1 Å². The van der Waals surface area contributed by atoms with Crippen molar-refractivity contribution in [3.05, 3.63) is 63.4 Å². The summed E-state index contributed by atoms with van der Waals surface area (Å²) >= 11 is 3.40. The molecule has 110 valence electrons. The van der Waals surface area contributed by atoms with E-state index in [0.29, 0.717) is 11.3 Å². The van der Waals surface area contributed by atoms with Gasteiger partial charge in [-0.05, 0) is 46.6 Å². The van der Waals surface area contributed by atoms with Crippen LogP contribution in [0.3, 0.4) is 0 Å². The Balaban J connectivity index is 2.21. The number of benzene rings is 2. The molecule has 2 rings (SSSR count). The first-order valence-corrected chi connectivity index (χ1v) is 6.96. The predicted octanol–water partition coefficient (Wildman–Crippen LogP) is 3.57. The molecule has 0 aromatic heterocycles. The van der Waals surface area contributed by atoms with Gasteiger partial charge < -0.3 is 15.7 Å². The van der Waals surface area contributed by atoms with Crippen LogP contribution in [-0.4, -0.2) is 11.0 Å². The van der Waals surface area contributed by atoms with Crippen molar-refractivity contribution in [1.82, 2.24) is 0 Å². The fourth-order valence-electron chi connectivity index (χ4n) is 1.82. The van der Waals surface area contributed by atoms with Gasteiger partial charge in [-0.1, -0.05) is 23.4 Å². The van der Waals surface area contributed by atoms with Gasteiger partial charge in [-0.25, -0.2) is 4.39 Å². The molecule has 4 nitrogen and oxygen atoms in total. The summed E-state index contributed by atoms with van der Waals surface area (Å²) in [4.78, 5) is 0. The Morgan fingerprint density at radius 1 is 1.38 bits per heavy atom. The van der Waals surface area contributed by atoms with E-state index in [0.717, 1.165) is 10.0 Å². The molecule has 0 bridgehead atoms. The van der Waals surface area contributed by atoms with E-state index >= 15 is 0 Å². The molecule has 21 heavy (non-hydrogen) atoms. The lowest BCUT2D eigenvalue weighted by atomic mass is 10.1. The number of oxime groups is 1. The minimum Gasteiger partial charge on any atom is -0.488 e. The summed E-state index contributed by atoms with van der Waals surface area (Å²) in [7, 11) is 0. The second-order valence-electron chi connectivity index (χ2n) is 4.49. The highest BCUT2D eigenvalue weighted by atomic mass is 79.9. The Hall–Kier alpha value is -2.08. The lowest BCUT2D eigenvalue weighted by molar-refractivity contribution is 0.297. The molecular formula is C15H14BrFN2O2.